The van der Waals surface area contributed by atoms with Crippen LogP contribution in [0.25, 0.3) is 0 Å². The van der Waals surface area contributed by atoms with Crippen LogP contribution in [0.2, 0.25) is 0 Å². The van der Waals surface area contributed by atoms with E-state index in [0.29, 0.717) is 11.8 Å². The van der Waals surface area contributed by atoms with Gasteiger partial charge in [-0.1, -0.05) is 120 Å². The van der Waals surface area contributed by atoms with Gasteiger partial charge in [-0.15, -0.1) is 0 Å². The quantitative estimate of drug-likeness (QED) is 0.171. The molecule has 0 fully saturated rings. The zero-order chi connectivity index (χ0) is 36.4. The van der Waals surface area contributed by atoms with E-state index in [0.717, 1.165) is 35.8 Å². The molecule has 4 unspecified atom stereocenters. The molecule has 4 nitrogen and oxygen atoms in total. The van der Waals surface area contributed by atoms with Crippen LogP contribution in [0.4, 0.5) is 0 Å². The summed E-state index contributed by atoms with van der Waals surface area (Å²) in [6.45, 7) is 12.9. The lowest BCUT2D eigenvalue weighted by molar-refractivity contribution is -0.0271. The molecule has 53 heavy (non-hydrogen) atoms. The van der Waals surface area contributed by atoms with Gasteiger partial charge in [0.15, 0.2) is 0 Å². The number of benzene rings is 6. The van der Waals surface area contributed by atoms with Crippen molar-refractivity contribution in [1.29, 1.82) is 0 Å². The van der Waals surface area contributed by atoms with Crippen molar-refractivity contribution >= 4 is 23.8 Å². The van der Waals surface area contributed by atoms with Crippen LogP contribution >= 0.6 is 7.92 Å². The highest BCUT2D eigenvalue weighted by molar-refractivity contribution is 7.80. The van der Waals surface area contributed by atoms with Crippen LogP contribution in [0.5, 0.6) is 23.0 Å². The summed E-state index contributed by atoms with van der Waals surface area (Å²) in [5, 5.41) is 3.95. The molecule has 4 aliphatic rings. The molecule has 4 aliphatic heterocycles. The lowest BCUT2D eigenvalue weighted by Gasteiger charge is -2.40. The van der Waals surface area contributed by atoms with Crippen LogP contribution in [0.3, 0.4) is 0 Å². The fraction of sp³-hybridized carbons (Fsp3) is 0.250. The maximum absolute atomic E-state index is 6.65. The minimum atomic E-state index is -0.756. The van der Waals surface area contributed by atoms with Crippen molar-refractivity contribution < 1.29 is 18.9 Å². The molecule has 5 heteroatoms. The van der Waals surface area contributed by atoms with Gasteiger partial charge in [-0.05, 0) is 88.9 Å². The molecule has 4 heterocycles. The second-order valence-corrected chi connectivity index (χ2v) is 17.3. The maximum Gasteiger partial charge on any atom is 0.242 e. The third kappa shape index (κ3) is 6.17. The Kier molecular flexibility index (Phi) is 8.55. The molecule has 0 saturated carbocycles. The average molecular weight is 717 g/mol. The second-order valence-electron chi connectivity index (χ2n) is 15.2. The largest absolute Gasteiger partial charge is 0.455 e. The smallest absolute Gasteiger partial charge is 0.242 e. The van der Waals surface area contributed by atoms with Gasteiger partial charge in [0.1, 0.15) is 23.0 Å². The minimum Gasteiger partial charge on any atom is -0.455 e. The van der Waals surface area contributed by atoms with Gasteiger partial charge in [0.2, 0.25) is 12.6 Å². The molecule has 0 radical (unpaired) electrons. The molecule has 4 atom stereocenters. The Balaban J connectivity index is 0.000000158. The Morgan fingerprint density at radius 3 is 1.45 bits per heavy atom. The van der Waals surface area contributed by atoms with Gasteiger partial charge in [0.25, 0.3) is 0 Å². The van der Waals surface area contributed by atoms with Crippen LogP contribution in [0, 0.1) is 41.5 Å². The van der Waals surface area contributed by atoms with Gasteiger partial charge >= 0.3 is 0 Å². The van der Waals surface area contributed by atoms with Crippen LogP contribution < -0.4 is 34.9 Å². The third-order valence-electron chi connectivity index (χ3n) is 10.9. The first kappa shape index (κ1) is 33.8. The van der Waals surface area contributed by atoms with Crippen molar-refractivity contribution in [2.24, 2.45) is 0 Å². The number of rotatable bonds is 3. The van der Waals surface area contributed by atoms with Crippen molar-refractivity contribution in [3.05, 3.63) is 171 Å². The molecule has 0 aromatic heterocycles. The van der Waals surface area contributed by atoms with E-state index in [1.807, 2.05) is 0 Å². The van der Waals surface area contributed by atoms with Gasteiger partial charge in [0, 0.05) is 52.2 Å². The first-order chi connectivity index (χ1) is 25.7. The molecule has 4 bridgehead atoms. The van der Waals surface area contributed by atoms with Crippen LogP contribution in [0.15, 0.2) is 115 Å². The lowest BCUT2D eigenvalue weighted by Crippen LogP contribution is -2.38. The van der Waals surface area contributed by atoms with Crippen molar-refractivity contribution in [2.75, 3.05) is 0 Å². The number of fused-ring (bicyclic) bond motifs is 12. The van der Waals surface area contributed by atoms with Gasteiger partial charge in [-0.25, -0.2) is 0 Å². The third-order valence-corrected chi connectivity index (χ3v) is 13.4. The first-order valence-corrected chi connectivity index (χ1v) is 20.1. The number of ether oxygens (including phenoxy) is 4. The number of hydrogen-bond donors (Lipinski definition) is 0. The molecule has 6 aromatic carbocycles. The molecule has 0 aliphatic carbocycles. The van der Waals surface area contributed by atoms with Crippen LogP contribution in [-0.2, 0) is 0 Å². The van der Waals surface area contributed by atoms with E-state index in [9.17, 15) is 0 Å². The zero-order valence-corrected chi connectivity index (χ0v) is 32.2. The summed E-state index contributed by atoms with van der Waals surface area (Å²) < 4.78 is 25.1. The number of hydrogen-bond acceptors (Lipinski definition) is 4. The summed E-state index contributed by atoms with van der Waals surface area (Å²) >= 11 is 0. The maximum atomic E-state index is 6.65. The van der Waals surface area contributed by atoms with E-state index >= 15 is 0 Å². The van der Waals surface area contributed by atoms with Crippen LogP contribution in [0.1, 0.15) is 80.3 Å². The normalized spacial score (nSPS) is 19.8. The Morgan fingerprint density at radius 1 is 0.434 bits per heavy atom. The van der Waals surface area contributed by atoms with Crippen molar-refractivity contribution in [3.8, 4) is 23.0 Å². The Labute approximate surface area is 314 Å². The Hall–Kier alpha value is -5.05. The molecule has 0 spiro atoms. The van der Waals surface area contributed by atoms with Crippen molar-refractivity contribution in [2.45, 2.75) is 78.8 Å². The predicted molar refractivity (Wildman–Crippen MR) is 216 cm³/mol. The van der Waals surface area contributed by atoms with Crippen molar-refractivity contribution in [1.82, 2.24) is 0 Å². The molecule has 0 amide bonds. The number of aryl methyl sites for hydroxylation is 6. The highest BCUT2D eigenvalue weighted by atomic mass is 31.1. The second kappa shape index (κ2) is 13.4. The van der Waals surface area contributed by atoms with Gasteiger partial charge in [-0.2, -0.15) is 0 Å². The van der Waals surface area contributed by atoms with Gasteiger partial charge in [0.05, 0.1) is 0 Å². The zero-order valence-electron chi connectivity index (χ0n) is 31.3. The van der Waals surface area contributed by atoms with Crippen molar-refractivity contribution in [3.63, 3.8) is 0 Å². The predicted octanol–water partition coefficient (Wildman–Crippen LogP) is 10.2. The van der Waals surface area contributed by atoms with E-state index in [1.54, 1.807) is 0 Å². The fourth-order valence-corrected chi connectivity index (χ4v) is 11.3. The summed E-state index contributed by atoms with van der Waals surface area (Å²) in [5.41, 5.74) is 12.7. The molecule has 10 rings (SSSR count). The summed E-state index contributed by atoms with van der Waals surface area (Å²) in [5.74, 6) is 4.70. The highest BCUT2D eigenvalue weighted by Gasteiger charge is 2.40. The SMILES string of the molecule is Cc1cc(C)c2c(c1)C1CC(O2)Oc2c1cc(C)cc2P(c1ccccc1)c1ccccc1.Cc1ccc2c(c1)C1CC(O2)Oc2c(C)cc(C)cc21. The summed E-state index contributed by atoms with van der Waals surface area (Å²) in [6.07, 6.45) is 1.37. The molecule has 0 N–H and O–H groups in total. The minimum absolute atomic E-state index is 0.149. The summed E-state index contributed by atoms with van der Waals surface area (Å²) in [4.78, 5) is 0. The van der Waals surface area contributed by atoms with E-state index in [2.05, 4.69) is 157 Å². The van der Waals surface area contributed by atoms with E-state index in [4.69, 9.17) is 18.9 Å². The molecular formula is C48H45O4P. The first-order valence-electron chi connectivity index (χ1n) is 18.7. The highest BCUT2D eigenvalue weighted by Crippen LogP contribution is 2.52. The average Bonchev–Trinajstić information content (AvgIpc) is 3.14. The Morgan fingerprint density at radius 2 is 0.887 bits per heavy atom. The fourth-order valence-electron chi connectivity index (χ4n) is 8.78. The van der Waals surface area contributed by atoms with Gasteiger partial charge < -0.3 is 18.9 Å². The molecule has 266 valence electrons. The van der Waals surface area contributed by atoms with Crippen LogP contribution in [-0.4, -0.2) is 12.6 Å². The standard InChI is InChI=1S/C30H27O2P.C18H18O2/c1-19-14-21(3)29-25(15-19)24-18-28(31-29)32-30-26(24)16-20(2)17-27(30)33(22-10-6-4-7-11-22)23-12-8-5-9-13-23;1-10-4-5-16-14(7-10)13-9-17(19-16)20-18-12(3)6-11(2)8-15(13)18/h4-17,24,28H,18H2,1-3H3;4-8,13,17H,9H2,1-3H3. The molecule has 6 aromatic rings. The summed E-state index contributed by atoms with van der Waals surface area (Å²) in [6, 6.07) is 41.7. The monoisotopic (exact) mass is 716 g/mol. The van der Waals surface area contributed by atoms with E-state index < -0.39 is 7.92 Å². The van der Waals surface area contributed by atoms with Gasteiger partial charge in [-0.3, -0.25) is 0 Å². The summed E-state index contributed by atoms with van der Waals surface area (Å²) in [7, 11) is -0.756. The topological polar surface area (TPSA) is 36.9 Å². The lowest BCUT2D eigenvalue weighted by atomic mass is 9.82. The molecule has 0 saturated heterocycles. The van der Waals surface area contributed by atoms with E-state index in [1.165, 1.54) is 71.5 Å². The van der Waals surface area contributed by atoms with E-state index in [-0.39, 0.29) is 12.6 Å². The molecular weight excluding hydrogens is 671 g/mol. The Bertz CT molecular complexity index is 2310.